The number of aliphatic hydroxyl groups excluding tert-OH is 6. The largest absolute Gasteiger partial charge is 0.726 e. The van der Waals surface area contributed by atoms with Crippen LogP contribution in [0.25, 0.3) is 0 Å². The zero-order chi connectivity index (χ0) is 17.1. The Morgan fingerprint density at radius 1 is 1.23 bits per heavy atom. The van der Waals surface area contributed by atoms with E-state index in [-0.39, 0.29) is 11.5 Å². The van der Waals surface area contributed by atoms with Gasteiger partial charge < -0.3 is 35.2 Å². The fourth-order valence-electron chi connectivity index (χ4n) is 2.23. The zero-order valence-corrected chi connectivity index (χ0v) is 13.1. The lowest BCUT2D eigenvalue weighted by atomic mass is 10.1. The lowest BCUT2D eigenvalue weighted by molar-refractivity contribution is -0.0567. The first kappa shape index (κ1) is 20.0. The minimum Gasteiger partial charge on any atom is -0.726 e. The summed E-state index contributed by atoms with van der Waals surface area (Å²) >= 11 is 0. The summed E-state index contributed by atoms with van der Waals surface area (Å²) in [6.07, 6.45) is -7.63. The van der Waals surface area contributed by atoms with Crippen molar-refractivity contribution in [1.29, 1.82) is 0 Å². The molecule has 1 heterocycles. The molecule has 1 aliphatic heterocycles. The van der Waals surface area contributed by atoms with E-state index in [1.807, 2.05) is 0 Å². The van der Waals surface area contributed by atoms with Crippen molar-refractivity contribution in [3.63, 3.8) is 0 Å². The molecule has 1 rings (SSSR count). The molecule has 132 valence electrons. The molecule has 10 nitrogen and oxygen atoms in total. The second-order valence-corrected chi connectivity index (χ2v) is 8.29. The molecule has 0 amide bonds. The van der Waals surface area contributed by atoms with E-state index in [0.29, 0.717) is 0 Å². The lowest BCUT2D eigenvalue weighted by Gasteiger charge is -2.27. The molecular weight excluding hydrogens is 344 g/mol. The molecule has 1 unspecified atom stereocenters. The summed E-state index contributed by atoms with van der Waals surface area (Å²) in [4.78, 5) is 0. The normalized spacial score (nSPS) is 33.6. The van der Waals surface area contributed by atoms with Gasteiger partial charge in [-0.2, -0.15) is 0 Å². The van der Waals surface area contributed by atoms with Crippen molar-refractivity contribution in [3.8, 4) is 0 Å². The molecule has 1 saturated heterocycles. The van der Waals surface area contributed by atoms with E-state index in [9.17, 15) is 38.5 Å². The van der Waals surface area contributed by atoms with Gasteiger partial charge in [-0.1, -0.05) is 0 Å². The Labute approximate surface area is 130 Å². The molecule has 0 spiro atoms. The Morgan fingerprint density at radius 3 is 2.27 bits per heavy atom. The second-order valence-electron chi connectivity index (χ2n) is 4.94. The Kier molecular flexibility index (Phi) is 7.45. The fraction of sp³-hybridized carbons (Fsp3) is 1.00. The predicted molar refractivity (Wildman–Crippen MR) is 73.7 cm³/mol. The van der Waals surface area contributed by atoms with Crippen molar-refractivity contribution in [2.45, 2.75) is 35.8 Å². The number of rotatable bonds is 8. The molecule has 1 fully saturated rings. The van der Waals surface area contributed by atoms with Crippen LogP contribution in [0.15, 0.2) is 0 Å². The first-order valence-corrected chi connectivity index (χ1v) is 9.31. The van der Waals surface area contributed by atoms with Crippen LogP contribution in [0.2, 0.25) is 0 Å². The van der Waals surface area contributed by atoms with E-state index in [2.05, 4.69) is 4.18 Å². The Morgan fingerprint density at radius 2 is 1.82 bits per heavy atom. The third kappa shape index (κ3) is 5.26. The second kappa shape index (κ2) is 8.19. The van der Waals surface area contributed by atoms with Crippen LogP contribution in [0, 0.1) is 0 Å². The molecule has 0 aromatic carbocycles. The van der Waals surface area contributed by atoms with Gasteiger partial charge in [-0.15, -0.1) is 0 Å². The summed E-state index contributed by atoms with van der Waals surface area (Å²) in [5.41, 5.74) is 0. The van der Waals surface area contributed by atoms with Crippen molar-refractivity contribution in [2.75, 3.05) is 24.7 Å². The van der Waals surface area contributed by atoms with Crippen LogP contribution >= 0.6 is 0 Å². The van der Waals surface area contributed by atoms with Crippen molar-refractivity contribution in [2.24, 2.45) is 0 Å². The first-order valence-electron chi connectivity index (χ1n) is 6.35. The molecule has 6 N–H and O–H groups in total. The lowest BCUT2D eigenvalue weighted by Crippen LogP contribution is -2.47. The van der Waals surface area contributed by atoms with Crippen LogP contribution in [-0.4, -0.2) is 104 Å². The van der Waals surface area contributed by atoms with E-state index in [1.165, 1.54) is 0 Å². The Bertz CT molecular complexity index is 443. The summed E-state index contributed by atoms with van der Waals surface area (Å²) in [6, 6.07) is 0. The molecule has 1 aliphatic rings. The number of aliphatic hydroxyl groups is 6. The molecule has 0 radical (unpaired) electrons. The fourth-order valence-corrected chi connectivity index (χ4v) is 5.44. The third-order valence-electron chi connectivity index (χ3n) is 3.33. The zero-order valence-electron chi connectivity index (χ0n) is 11.4. The van der Waals surface area contributed by atoms with Crippen molar-refractivity contribution < 1.29 is 47.8 Å². The smallest absolute Gasteiger partial charge is 0.218 e. The van der Waals surface area contributed by atoms with Crippen LogP contribution in [0.4, 0.5) is 0 Å². The van der Waals surface area contributed by atoms with Crippen LogP contribution in [0.5, 0.6) is 0 Å². The summed E-state index contributed by atoms with van der Waals surface area (Å²) in [5.74, 6) is -0.161. The van der Waals surface area contributed by atoms with Gasteiger partial charge in [0.25, 0.3) is 0 Å². The summed E-state index contributed by atoms with van der Waals surface area (Å²) in [5, 5.41) is 56.0. The molecule has 0 aromatic heterocycles. The maximum atomic E-state index is 10.6. The minimum atomic E-state index is -5.22. The van der Waals surface area contributed by atoms with Gasteiger partial charge >= 0.3 is 0 Å². The van der Waals surface area contributed by atoms with E-state index in [0.717, 1.165) is 0 Å². The summed E-state index contributed by atoms with van der Waals surface area (Å²) in [7, 11) is -6.12. The molecule has 0 bridgehead atoms. The molecule has 7 atom stereocenters. The number of hydrogen-bond acceptors (Lipinski definition) is 10. The highest BCUT2D eigenvalue weighted by Crippen LogP contribution is 2.25. The van der Waals surface area contributed by atoms with Gasteiger partial charge in [0.1, 0.15) is 42.0 Å². The first-order chi connectivity index (χ1) is 10.1. The van der Waals surface area contributed by atoms with Crippen molar-refractivity contribution in [3.05, 3.63) is 0 Å². The highest BCUT2D eigenvalue weighted by Gasteiger charge is 2.51. The average molecular weight is 364 g/mol. The SMILES string of the molecule is O=S(=O)([O-])O[C@@H]([C@H](O)C[S+]1C[C@@H](O)[C@H](O)[C@H]1CO)[C@@H](O)CO. The molecule has 22 heavy (non-hydrogen) atoms. The molecule has 0 aromatic rings. The minimum absolute atomic E-state index is 0.0650. The Hall–Kier alpha value is -0.0200. The van der Waals surface area contributed by atoms with E-state index < -0.39 is 70.3 Å². The van der Waals surface area contributed by atoms with Crippen molar-refractivity contribution >= 4 is 21.3 Å². The van der Waals surface area contributed by atoms with E-state index >= 15 is 0 Å². The van der Waals surface area contributed by atoms with Crippen LogP contribution in [0.1, 0.15) is 0 Å². The van der Waals surface area contributed by atoms with Crippen LogP contribution in [-0.2, 0) is 25.5 Å². The average Bonchev–Trinajstić information content (AvgIpc) is 2.68. The molecule has 12 heteroatoms. The van der Waals surface area contributed by atoms with E-state index in [1.54, 1.807) is 0 Å². The highest BCUT2D eigenvalue weighted by atomic mass is 32.3. The van der Waals surface area contributed by atoms with Gasteiger partial charge in [-0.3, -0.25) is 4.18 Å². The molecule has 0 aliphatic carbocycles. The van der Waals surface area contributed by atoms with Gasteiger partial charge in [0, 0.05) is 10.9 Å². The summed E-state index contributed by atoms with van der Waals surface area (Å²) in [6.45, 7) is -1.40. The standard InChI is InChI=1S/C10H20O10S2/c11-1-5(13)10(20-22(17,18)19)7(15)4-21-3-6(14)9(16)8(21)2-12/h5-16H,1-4H2/t5-,6+,7+,8+,9-,10+,21?/m0/s1. The third-order valence-corrected chi connectivity index (χ3v) is 6.61. The van der Waals surface area contributed by atoms with Gasteiger partial charge in [-0.05, 0) is 0 Å². The predicted octanol–water partition coefficient (Wildman–Crippen LogP) is -4.74. The Balaban J connectivity index is 2.80. The van der Waals surface area contributed by atoms with Crippen LogP contribution < -0.4 is 0 Å². The van der Waals surface area contributed by atoms with Gasteiger partial charge in [0.15, 0.2) is 5.25 Å². The van der Waals surface area contributed by atoms with Gasteiger partial charge in [0.05, 0.1) is 13.2 Å². The van der Waals surface area contributed by atoms with Gasteiger partial charge in [0.2, 0.25) is 10.4 Å². The monoisotopic (exact) mass is 364 g/mol. The number of hydrogen-bond donors (Lipinski definition) is 6. The molecule has 0 saturated carbocycles. The van der Waals surface area contributed by atoms with Gasteiger partial charge in [-0.25, -0.2) is 8.42 Å². The van der Waals surface area contributed by atoms with Crippen molar-refractivity contribution in [1.82, 2.24) is 0 Å². The molecular formula is C10H20O10S2. The highest BCUT2D eigenvalue weighted by molar-refractivity contribution is 7.97. The maximum absolute atomic E-state index is 10.6. The maximum Gasteiger partial charge on any atom is 0.218 e. The topological polar surface area (TPSA) is 188 Å². The quantitative estimate of drug-likeness (QED) is 0.139. The van der Waals surface area contributed by atoms with Crippen LogP contribution in [0.3, 0.4) is 0 Å². The van der Waals surface area contributed by atoms with E-state index in [4.69, 9.17) is 5.11 Å². The summed E-state index contributed by atoms with van der Waals surface area (Å²) < 4.78 is 35.9.